The summed E-state index contributed by atoms with van der Waals surface area (Å²) in [5, 5.41) is 2.81. The van der Waals surface area contributed by atoms with Crippen molar-refractivity contribution in [2.45, 2.75) is 26.1 Å². The molecule has 2 rings (SSSR count). The van der Waals surface area contributed by atoms with Crippen molar-refractivity contribution in [3.05, 3.63) is 59.9 Å². The Labute approximate surface area is 183 Å². The minimum Gasteiger partial charge on any atom is -0.497 e. The number of likely N-dealkylation sites (N-methyl/N-ethyl adjacent to an activating group) is 1. The van der Waals surface area contributed by atoms with Gasteiger partial charge in [-0.2, -0.15) is 4.31 Å². The summed E-state index contributed by atoms with van der Waals surface area (Å²) in [7, 11) is -0.660. The van der Waals surface area contributed by atoms with Gasteiger partial charge in [0.25, 0.3) is 0 Å². The van der Waals surface area contributed by atoms with E-state index in [4.69, 9.17) is 4.74 Å². The first kappa shape index (κ1) is 24.3. The highest BCUT2D eigenvalue weighted by molar-refractivity contribution is 7.88. The third-order valence-corrected chi connectivity index (χ3v) is 6.08. The molecule has 1 N–H and O–H groups in total. The zero-order valence-corrected chi connectivity index (χ0v) is 18.9. The number of sulfonamides is 1. The first-order chi connectivity index (χ1) is 14.6. The Hall–Kier alpha value is -2.98. The van der Waals surface area contributed by atoms with Crippen LogP contribution in [0.4, 0.5) is 0 Å². The van der Waals surface area contributed by atoms with Crippen molar-refractivity contribution < 1.29 is 22.7 Å². The van der Waals surface area contributed by atoms with Crippen molar-refractivity contribution in [3.63, 3.8) is 0 Å². The van der Waals surface area contributed by atoms with E-state index in [1.54, 1.807) is 62.8 Å². The van der Waals surface area contributed by atoms with Gasteiger partial charge in [-0.3, -0.25) is 14.6 Å². The van der Waals surface area contributed by atoms with Crippen LogP contribution in [0.15, 0.2) is 48.8 Å². The zero-order valence-electron chi connectivity index (χ0n) is 18.1. The summed E-state index contributed by atoms with van der Waals surface area (Å²) in [5.74, 6) is -0.155. The van der Waals surface area contributed by atoms with E-state index >= 15 is 0 Å². The molecule has 2 aromatic rings. The first-order valence-electron chi connectivity index (χ1n) is 9.62. The molecule has 0 aliphatic heterocycles. The Morgan fingerprint density at radius 1 is 1.10 bits per heavy atom. The van der Waals surface area contributed by atoms with Gasteiger partial charge in [-0.1, -0.05) is 12.1 Å². The highest BCUT2D eigenvalue weighted by Crippen LogP contribution is 2.15. The molecule has 0 fully saturated rings. The van der Waals surface area contributed by atoms with Gasteiger partial charge in [-0.25, -0.2) is 8.42 Å². The van der Waals surface area contributed by atoms with Gasteiger partial charge in [0.2, 0.25) is 21.8 Å². The predicted octanol–water partition coefficient (Wildman–Crippen LogP) is 1.02. The molecule has 0 aliphatic carbocycles. The minimum atomic E-state index is -3.54. The average Bonchev–Trinajstić information content (AvgIpc) is 2.75. The Kier molecular flexibility index (Phi) is 8.52. The molecule has 0 saturated carbocycles. The number of pyridine rings is 1. The fourth-order valence-electron chi connectivity index (χ4n) is 2.75. The molecular formula is C21H28N4O5S. The maximum absolute atomic E-state index is 13.0. The van der Waals surface area contributed by atoms with Crippen molar-refractivity contribution >= 4 is 21.8 Å². The van der Waals surface area contributed by atoms with Gasteiger partial charge in [-0.15, -0.1) is 0 Å². The van der Waals surface area contributed by atoms with Crippen LogP contribution in [-0.2, 0) is 32.7 Å². The number of nitrogens with one attached hydrogen (secondary N) is 1. The number of aromatic nitrogens is 1. The summed E-state index contributed by atoms with van der Waals surface area (Å²) in [4.78, 5) is 31.0. The van der Waals surface area contributed by atoms with E-state index in [1.165, 1.54) is 11.9 Å². The van der Waals surface area contributed by atoms with E-state index in [1.807, 2.05) is 0 Å². The Balaban J connectivity index is 2.17. The van der Waals surface area contributed by atoms with Crippen LogP contribution in [0.5, 0.6) is 5.75 Å². The van der Waals surface area contributed by atoms with E-state index in [-0.39, 0.29) is 19.0 Å². The Bertz CT molecular complexity index is 981. The second-order valence-corrected chi connectivity index (χ2v) is 9.23. The van der Waals surface area contributed by atoms with E-state index < -0.39 is 22.0 Å². The van der Waals surface area contributed by atoms with Crippen LogP contribution in [-0.4, -0.2) is 67.4 Å². The lowest BCUT2D eigenvalue weighted by molar-refractivity contribution is -0.140. The Morgan fingerprint density at radius 3 is 2.26 bits per heavy atom. The molecule has 31 heavy (non-hydrogen) atoms. The average molecular weight is 449 g/mol. The third kappa shape index (κ3) is 7.34. The molecule has 0 saturated heterocycles. The van der Waals surface area contributed by atoms with Gasteiger partial charge in [0.05, 0.1) is 19.9 Å². The van der Waals surface area contributed by atoms with Crippen LogP contribution in [0.25, 0.3) is 0 Å². The van der Waals surface area contributed by atoms with E-state index in [0.717, 1.165) is 21.7 Å². The van der Waals surface area contributed by atoms with Crippen LogP contribution in [0.3, 0.4) is 0 Å². The van der Waals surface area contributed by atoms with Gasteiger partial charge >= 0.3 is 0 Å². The molecule has 168 valence electrons. The molecule has 0 bridgehead atoms. The summed E-state index contributed by atoms with van der Waals surface area (Å²) in [6.07, 6.45) is 4.29. The smallest absolute Gasteiger partial charge is 0.242 e. The number of nitrogens with zero attached hydrogens (tertiary/aromatic N) is 3. The molecule has 0 spiro atoms. The highest BCUT2D eigenvalue weighted by Gasteiger charge is 2.28. The fourth-order valence-corrected chi connectivity index (χ4v) is 3.09. The number of hydrogen-bond acceptors (Lipinski definition) is 6. The molecule has 0 aliphatic rings. The van der Waals surface area contributed by atoms with Crippen LogP contribution < -0.4 is 10.1 Å². The summed E-state index contributed by atoms with van der Waals surface area (Å²) in [5.41, 5.74) is 1.66. The van der Waals surface area contributed by atoms with Crippen LogP contribution in [0.2, 0.25) is 0 Å². The molecular weight excluding hydrogens is 420 g/mol. The quantitative estimate of drug-likeness (QED) is 0.581. The number of hydrogen-bond donors (Lipinski definition) is 1. The minimum absolute atomic E-state index is 0.143. The molecule has 1 heterocycles. The standard InChI is InChI=1S/C21H28N4O5S/c1-16(21(27)23-13-17-9-11-22-12-10-17)25(20(26)15-24(2)31(4,28)29)14-18-5-7-19(30-3)8-6-18/h5-12,16H,13-15H2,1-4H3,(H,23,27)/t16-/m1/s1. The lowest BCUT2D eigenvalue weighted by Crippen LogP contribution is -2.50. The number of carbonyl (C=O) groups excluding carboxylic acids is 2. The third-order valence-electron chi connectivity index (χ3n) is 4.82. The van der Waals surface area contributed by atoms with Gasteiger partial charge in [0.15, 0.2) is 0 Å². The number of methoxy groups -OCH3 is 1. The predicted molar refractivity (Wildman–Crippen MR) is 117 cm³/mol. The maximum Gasteiger partial charge on any atom is 0.242 e. The van der Waals surface area contributed by atoms with Crippen molar-refractivity contribution in [2.24, 2.45) is 0 Å². The number of amides is 2. The Morgan fingerprint density at radius 2 is 1.71 bits per heavy atom. The van der Waals surface area contributed by atoms with Crippen molar-refractivity contribution in [3.8, 4) is 5.75 Å². The van der Waals surface area contributed by atoms with Crippen molar-refractivity contribution in [1.82, 2.24) is 19.5 Å². The summed E-state index contributed by atoms with van der Waals surface area (Å²) < 4.78 is 29.6. The molecule has 1 atom stereocenters. The number of carbonyl (C=O) groups is 2. The normalized spacial score (nSPS) is 12.3. The van der Waals surface area contributed by atoms with E-state index in [2.05, 4.69) is 10.3 Å². The van der Waals surface area contributed by atoms with Crippen molar-refractivity contribution in [2.75, 3.05) is 27.0 Å². The van der Waals surface area contributed by atoms with Gasteiger partial charge < -0.3 is 15.0 Å². The van der Waals surface area contributed by atoms with Crippen LogP contribution >= 0.6 is 0 Å². The number of benzene rings is 1. The summed E-state index contributed by atoms with van der Waals surface area (Å²) in [6.45, 7) is 1.69. The highest BCUT2D eigenvalue weighted by atomic mass is 32.2. The summed E-state index contributed by atoms with van der Waals surface area (Å²) >= 11 is 0. The van der Waals surface area contributed by atoms with Gasteiger partial charge in [0.1, 0.15) is 11.8 Å². The topological polar surface area (TPSA) is 109 Å². The monoisotopic (exact) mass is 448 g/mol. The molecule has 1 aromatic carbocycles. The van der Waals surface area contributed by atoms with E-state index in [9.17, 15) is 18.0 Å². The molecule has 2 amide bonds. The molecule has 1 aromatic heterocycles. The zero-order chi connectivity index (χ0) is 23.0. The number of ether oxygens (including phenoxy) is 1. The fraction of sp³-hybridized carbons (Fsp3) is 0.381. The largest absolute Gasteiger partial charge is 0.497 e. The van der Waals surface area contributed by atoms with Crippen LogP contribution in [0.1, 0.15) is 18.1 Å². The molecule has 10 heteroatoms. The molecule has 0 unspecified atom stereocenters. The lowest BCUT2D eigenvalue weighted by Gasteiger charge is -2.30. The van der Waals surface area contributed by atoms with Gasteiger partial charge in [-0.05, 0) is 42.3 Å². The van der Waals surface area contributed by atoms with Gasteiger partial charge in [0, 0.05) is 32.5 Å². The maximum atomic E-state index is 13.0. The van der Waals surface area contributed by atoms with Crippen molar-refractivity contribution in [1.29, 1.82) is 0 Å². The van der Waals surface area contributed by atoms with E-state index in [0.29, 0.717) is 12.3 Å². The molecule has 0 radical (unpaired) electrons. The van der Waals surface area contributed by atoms with Crippen LogP contribution in [0, 0.1) is 0 Å². The second-order valence-electron chi connectivity index (χ2n) is 7.14. The molecule has 9 nitrogen and oxygen atoms in total. The SMILES string of the molecule is COc1ccc(CN(C(=O)CN(C)S(C)(=O)=O)[C@H](C)C(=O)NCc2ccncc2)cc1. The first-order valence-corrected chi connectivity index (χ1v) is 11.5. The second kappa shape index (κ2) is 10.9. The summed E-state index contributed by atoms with van der Waals surface area (Å²) in [6, 6.07) is 9.86. The number of rotatable bonds is 10. The lowest BCUT2D eigenvalue weighted by atomic mass is 10.1.